The Balaban J connectivity index is 2.19. The topological polar surface area (TPSA) is 39.9 Å². The van der Waals surface area contributed by atoms with Crippen molar-refractivity contribution >= 4 is 11.4 Å². The summed E-state index contributed by atoms with van der Waals surface area (Å²) in [5.41, 5.74) is 6.06. The quantitative estimate of drug-likeness (QED) is 0.789. The van der Waals surface area contributed by atoms with E-state index in [1.165, 1.54) is 17.7 Å². The number of para-hydroxylation sites is 1. The summed E-state index contributed by atoms with van der Waals surface area (Å²) in [6.07, 6.45) is 3.44. The number of rotatable bonds is 1. The Morgan fingerprint density at radius 3 is 2.76 bits per heavy atom. The minimum Gasteiger partial charge on any atom is -0.340 e. The van der Waals surface area contributed by atoms with Gasteiger partial charge in [-0.15, -0.1) is 0 Å². The molecule has 0 saturated heterocycles. The fourth-order valence-electron chi connectivity index (χ4n) is 3.10. The lowest BCUT2D eigenvalue weighted by molar-refractivity contribution is 0.760. The van der Waals surface area contributed by atoms with Crippen molar-refractivity contribution in [2.75, 3.05) is 11.4 Å². The van der Waals surface area contributed by atoms with E-state index < -0.39 is 0 Å². The van der Waals surface area contributed by atoms with Gasteiger partial charge < -0.3 is 4.90 Å². The van der Waals surface area contributed by atoms with E-state index in [-0.39, 0.29) is 0 Å². The van der Waals surface area contributed by atoms with Crippen molar-refractivity contribution in [2.45, 2.75) is 33.1 Å². The molecule has 0 aliphatic carbocycles. The molecular formula is C18H19N3. The first kappa shape index (κ1) is 13.6. The average molecular weight is 277 g/mol. The van der Waals surface area contributed by atoms with Gasteiger partial charge in [0.15, 0.2) is 0 Å². The van der Waals surface area contributed by atoms with E-state index in [0.717, 1.165) is 36.5 Å². The van der Waals surface area contributed by atoms with Gasteiger partial charge in [0.1, 0.15) is 6.07 Å². The van der Waals surface area contributed by atoms with Crippen LogP contribution in [0.1, 0.15) is 35.4 Å². The maximum atomic E-state index is 9.52. The first-order chi connectivity index (χ1) is 10.2. The molecule has 0 saturated carbocycles. The molecule has 0 fully saturated rings. The molecule has 1 aromatic heterocycles. The van der Waals surface area contributed by atoms with Crippen LogP contribution in [0.2, 0.25) is 0 Å². The minimum absolute atomic E-state index is 0.692. The largest absolute Gasteiger partial charge is 0.340 e. The standard InChI is InChI=1S/C18H19N3/c1-13-11-18(16(12-19)14(2)20-13)21-10-6-5-8-15-7-3-4-9-17(15)21/h3-4,7,9,11H,5-6,8,10H2,1-2H3. The van der Waals surface area contributed by atoms with Crippen LogP contribution in [0.3, 0.4) is 0 Å². The Hall–Kier alpha value is -2.34. The normalized spacial score (nSPS) is 14.2. The number of hydrogen-bond donors (Lipinski definition) is 0. The van der Waals surface area contributed by atoms with Gasteiger partial charge in [0, 0.05) is 17.9 Å². The maximum Gasteiger partial charge on any atom is 0.103 e. The van der Waals surface area contributed by atoms with Crippen LogP contribution in [-0.2, 0) is 6.42 Å². The lowest BCUT2D eigenvalue weighted by atomic mass is 10.1. The van der Waals surface area contributed by atoms with Crippen molar-refractivity contribution in [3.63, 3.8) is 0 Å². The van der Waals surface area contributed by atoms with E-state index >= 15 is 0 Å². The zero-order valence-electron chi connectivity index (χ0n) is 12.6. The number of benzene rings is 1. The SMILES string of the molecule is Cc1cc(N2CCCCc3ccccc32)c(C#N)c(C)n1. The summed E-state index contributed by atoms with van der Waals surface area (Å²) in [7, 11) is 0. The maximum absolute atomic E-state index is 9.52. The summed E-state index contributed by atoms with van der Waals surface area (Å²) < 4.78 is 0. The first-order valence-electron chi connectivity index (χ1n) is 7.44. The van der Waals surface area contributed by atoms with E-state index in [2.05, 4.69) is 40.2 Å². The second kappa shape index (κ2) is 5.57. The highest BCUT2D eigenvalue weighted by atomic mass is 15.1. The zero-order chi connectivity index (χ0) is 14.8. The number of pyridine rings is 1. The lowest BCUT2D eigenvalue weighted by Crippen LogP contribution is -2.20. The van der Waals surface area contributed by atoms with Gasteiger partial charge in [-0.1, -0.05) is 18.2 Å². The third-order valence-electron chi connectivity index (χ3n) is 4.07. The Kier molecular flexibility index (Phi) is 3.62. The second-order valence-corrected chi connectivity index (χ2v) is 5.59. The molecule has 0 bridgehead atoms. The predicted molar refractivity (Wildman–Crippen MR) is 84.8 cm³/mol. The van der Waals surface area contributed by atoms with E-state index in [4.69, 9.17) is 0 Å². The van der Waals surface area contributed by atoms with Gasteiger partial charge in [-0.3, -0.25) is 4.98 Å². The molecule has 1 aliphatic rings. The van der Waals surface area contributed by atoms with Crippen molar-refractivity contribution in [1.29, 1.82) is 5.26 Å². The average Bonchev–Trinajstić information content (AvgIpc) is 2.68. The number of nitrogens with zero attached hydrogens (tertiary/aromatic N) is 3. The smallest absolute Gasteiger partial charge is 0.103 e. The molecule has 0 N–H and O–H groups in total. The Morgan fingerprint density at radius 2 is 1.95 bits per heavy atom. The number of nitriles is 1. The monoisotopic (exact) mass is 277 g/mol. The molecule has 3 rings (SSSR count). The summed E-state index contributed by atoms with van der Waals surface area (Å²) in [4.78, 5) is 6.72. The number of fused-ring (bicyclic) bond motifs is 1. The Bertz CT molecular complexity index is 713. The summed E-state index contributed by atoms with van der Waals surface area (Å²) >= 11 is 0. The molecule has 3 nitrogen and oxygen atoms in total. The summed E-state index contributed by atoms with van der Waals surface area (Å²) in [6.45, 7) is 4.86. The van der Waals surface area contributed by atoms with Crippen molar-refractivity contribution in [1.82, 2.24) is 4.98 Å². The van der Waals surface area contributed by atoms with Gasteiger partial charge in [0.2, 0.25) is 0 Å². The molecule has 106 valence electrons. The van der Waals surface area contributed by atoms with Crippen LogP contribution in [-0.4, -0.2) is 11.5 Å². The van der Waals surface area contributed by atoms with Gasteiger partial charge in [-0.05, 0) is 50.8 Å². The van der Waals surface area contributed by atoms with Crippen molar-refractivity contribution in [3.05, 3.63) is 52.8 Å². The molecule has 1 aliphatic heterocycles. The Labute approximate surface area is 125 Å². The molecule has 3 heteroatoms. The van der Waals surface area contributed by atoms with Crippen LogP contribution in [0.4, 0.5) is 11.4 Å². The van der Waals surface area contributed by atoms with Crippen LogP contribution < -0.4 is 4.90 Å². The van der Waals surface area contributed by atoms with Crippen molar-refractivity contribution in [2.24, 2.45) is 0 Å². The highest BCUT2D eigenvalue weighted by Gasteiger charge is 2.20. The van der Waals surface area contributed by atoms with Gasteiger partial charge >= 0.3 is 0 Å². The fraction of sp³-hybridized carbons (Fsp3) is 0.333. The van der Waals surface area contributed by atoms with Crippen LogP contribution >= 0.6 is 0 Å². The third-order valence-corrected chi connectivity index (χ3v) is 4.07. The highest BCUT2D eigenvalue weighted by Crippen LogP contribution is 2.35. The summed E-state index contributed by atoms with van der Waals surface area (Å²) in [5.74, 6) is 0. The third kappa shape index (κ3) is 2.50. The van der Waals surface area contributed by atoms with E-state index in [1.807, 2.05) is 19.9 Å². The van der Waals surface area contributed by atoms with Gasteiger partial charge in [-0.2, -0.15) is 5.26 Å². The second-order valence-electron chi connectivity index (χ2n) is 5.59. The number of hydrogen-bond acceptors (Lipinski definition) is 3. The molecule has 1 aromatic carbocycles. The molecule has 2 heterocycles. The predicted octanol–water partition coefficient (Wildman–Crippen LogP) is 4.04. The lowest BCUT2D eigenvalue weighted by Gasteiger charge is -2.26. The van der Waals surface area contributed by atoms with E-state index in [9.17, 15) is 5.26 Å². The highest BCUT2D eigenvalue weighted by molar-refractivity contribution is 5.72. The molecule has 2 aromatic rings. The molecule has 21 heavy (non-hydrogen) atoms. The summed E-state index contributed by atoms with van der Waals surface area (Å²) in [5, 5.41) is 9.52. The summed E-state index contributed by atoms with van der Waals surface area (Å²) in [6, 6.07) is 12.9. The van der Waals surface area contributed by atoms with E-state index in [0.29, 0.717) is 5.56 Å². The molecule has 0 spiro atoms. The molecular weight excluding hydrogens is 258 g/mol. The van der Waals surface area contributed by atoms with Gasteiger partial charge in [-0.25, -0.2) is 0 Å². The fourth-order valence-corrected chi connectivity index (χ4v) is 3.10. The van der Waals surface area contributed by atoms with Crippen LogP contribution in [0.5, 0.6) is 0 Å². The van der Waals surface area contributed by atoms with E-state index in [1.54, 1.807) is 0 Å². The molecule has 0 radical (unpaired) electrons. The van der Waals surface area contributed by atoms with Gasteiger partial charge in [0.05, 0.1) is 16.9 Å². The van der Waals surface area contributed by atoms with Gasteiger partial charge in [0.25, 0.3) is 0 Å². The molecule has 0 unspecified atom stereocenters. The minimum atomic E-state index is 0.692. The van der Waals surface area contributed by atoms with Crippen LogP contribution in [0.25, 0.3) is 0 Å². The number of aromatic nitrogens is 1. The number of anilines is 2. The Morgan fingerprint density at radius 1 is 1.14 bits per heavy atom. The molecule has 0 amide bonds. The van der Waals surface area contributed by atoms with Crippen LogP contribution in [0, 0.1) is 25.2 Å². The first-order valence-corrected chi connectivity index (χ1v) is 7.44. The van der Waals surface area contributed by atoms with Crippen LogP contribution in [0.15, 0.2) is 30.3 Å². The van der Waals surface area contributed by atoms with Crippen molar-refractivity contribution < 1.29 is 0 Å². The zero-order valence-corrected chi connectivity index (χ0v) is 12.6. The number of aryl methyl sites for hydroxylation is 3. The van der Waals surface area contributed by atoms with Crippen molar-refractivity contribution in [3.8, 4) is 6.07 Å². The molecule has 0 atom stereocenters.